The minimum absolute atomic E-state index is 0.428. The van der Waals surface area contributed by atoms with E-state index in [0.29, 0.717) is 17.2 Å². The number of hydrogen-bond donors (Lipinski definition) is 1. The number of para-hydroxylation sites is 1. The van der Waals surface area contributed by atoms with Crippen molar-refractivity contribution in [3.8, 4) is 11.5 Å². The fourth-order valence-electron chi connectivity index (χ4n) is 1.61. The summed E-state index contributed by atoms with van der Waals surface area (Å²) >= 11 is 0. The molecule has 2 aromatic rings. The lowest BCUT2D eigenvalue weighted by atomic mass is 10.2. The fraction of sp³-hybridized carbons (Fsp3) is 0.143. The minimum atomic E-state index is -3.33. The highest BCUT2D eigenvalue weighted by Gasteiger charge is 2.09. The zero-order valence-corrected chi connectivity index (χ0v) is 11.6. The van der Waals surface area contributed by atoms with Gasteiger partial charge in [0.25, 0.3) is 0 Å². The highest BCUT2D eigenvalue weighted by molar-refractivity contribution is 7.92. The Morgan fingerprint density at radius 1 is 1.05 bits per heavy atom. The van der Waals surface area contributed by atoms with Gasteiger partial charge in [-0.2, -0.15) is 0 Å². The predicted molar refractivity (Wildman–Crippen MR) is 76.2 cm³/mol. The third-order valence-electron chi connectivity index (χ3n) is 2.40. The van der Waals surface area contributed by atoms with Gasteiger partial charge in [0.05, 0.1) is 11.9 Å². The number of nitrogens with one attached hydrogen (secondary N) is 1. The topological polar surface area (TPSA) is 55.4 Å². The molecule has 0 saturated heterocycles. The van der Waals surface area contributed by atoms with Crippen LogP contribution in [0.4, 0.5) is 5.69 Å². The van der Waals surface area contributed by atoms with E-state index in [-0.39, 0.29) is 0 Å². The Labute approximate surface area is 113 Å². The van der Waals surface area contributed by atoms with Crippen LogP contribution >= 0.6 is 0 Å². The Hall–Kier alpha value is -2.01. The molecule has 0 atom stereocenters. The van der Waals surface area contributed by atoms with Crippen molar-refractivity contribution in [2.24, 2.45) is 0 Å². The second kappa shape index (κ2) is 5.32. The number of hydrogen-bond acceptors (Lipinski definition) is 3. The van der Waals surface area contributed by atoms with E-state index in [1.54, 1.807) is 12.1 Å². The van der Waals surface area contributed by atoms with Crippen molar-refractivity contribution in [1.82, 2.24) is 0 Å². The second-order valence-corrected chi connectivity index (χ2v) is 6.04. The summed E-state index contributed by atoms with van der Waals surface area (Å²) < 4.78 is 30.8. The number of benzene rings is 2. The molecule has 0 aliphatic rings. The predicted octanol–water partition coefficient (Wildman–Crippen LogP) is 3.16. The van der Waals surface area contributed by atoms with E-state index in [4.69, 9.17) is 4.74 Å². The maximum Gasteiger partial charge on any atom is 0.229 e. The Morgan fingerprint density at radius 2 is 1.74 bits per heavy atom. The Bertz CT molecular complexity index is 666. The highest BCUT2D eigenvalue weighted by Crippen LogP contribution is 2.30. The maximum absolute atomic E-state index is 11.3. The lowest BCUT2D eigenvalue weighted by Gasteiger charge is -2.12. The van der Waals surface area contributed by atoms with Crippen molar-refractivity contribution in [2.45, 2.75) is 6.92 Å². The molecule has 1 N–H and O–H groups in total. The van der Waals surface area contributed by atoms with E-state index >= 15 is 0 Å². The van der Waals surface area contributed by atoms with Gasteiger partial charge in [-0.1, -0.05) is 24.3 Å². The number of sulfonamides is 1. The average Bonchev–Trinajstić information content (AvgIpc) is 2.32. The Balaban J connectivity index is 2.35. The molecule has 0 saturated carbocycles. The lowest BCUT2D eigenvalue weighted by molar-refractivity contribution is 0.484. The van der Waals surface area contributed by atoms with Crippen molar-refractivity contribution in [2.75, 3.05) is 11.0 Å². The molecule has 2 aromatic carbocycles. The van der Waals surface area contributed by atoms with Gasteiger partial charge in [-0.3, -0.25) is 4.72 Å². The van der Waals surface area contributed by atoms with Crippen LogP contribution in [-0.2, 0) is 10.0 Å². The van der Waals surface area contributed by atoms with Crippen molar-refractivity contribution >= 4 is 15.7 Å². The van der Waals surface area contributed by atoms with Gasteiger partial charge in [0.1, 0.15) is 5.75 Å². The molecular formula is C14H15NO3S. The molecular weight excluding hydrogens is 262 g/mol. The van der Waals surface area contributed by atoms with Crippen LogP contribution in [-0.4, -0.2) is 14.7 Å². The molecule has 0 spiro atoms. The van der Waals surface area contributed by atoms with Crippen LogP contribution in [0.5, 0.6) is 11.5 Å². The van der Waals surface area contributed by atoms with Gasteiger partial charge < -0.3 is 4.74 Å². The first-order valence-electron chi connectivity index (χ1n) is 5.75. The lowest BCUT2D eigenvalue weighted by Crippen LogP contribution is -2.10. The molecule has 100 valence electrons. The van der Waals surface area contributed by atoms with E-state index in [0.717, 1.165) is 11.8 Å². The van der Waals surface area contributed by atoms with Gasteiger partial charge in [0.15, 0.2) is 5.75 Å². The number of aryl methyl sites for hydroxylation is 1. The first-order valence-corrected chi connectivity index (χ1v) is 7.64. The molecule has 0 fully saturated rings. The van der Waals surface area contributed by atoms with Gasteiger partial charge in [0.2, 0.25) is 10.0 Å². The van der Waals surface area contributed by atoms with E-state index in [2.05, 4.69) is 4.72 Å². The standard InChI is InChI=1S/C14H15NO3S/c1-11-8-9-13(15-19(2,16)17)14(10-11)18-12-6-4-3-5-7-12/h3-10,15H,1-2H3. The van der Waals surface area contributed by atoms with E-state index < -0.39 is 10.0 Å². The minimum Gasteiger partial charge on any atom is -0.455 e. The summed E-state index contributed by atoms with van der Waals surface area (Å²) in [6, 6.07) is 14.5. The van der Waals surface area contributed by atoms with Gasteiger partial charge in [-0.25, -0.2) is 8.42 Å². The SMILES string of the molecule is Cc1ccc(NS(C)(=O)=O)c(Oc2ccccc2)c1. The molecule has 0 radical (unpaired) electrons. The molecule has 0 unspecified atom stereocenters. The molecule has 19 heavy (non-hydrogen) atoms. The summed E-state index contributed by atoms with van der Waals surface area (Å²) in [7, 11) is -3.33. The number of rotatable bonds is 4. The Kier molecular flexibility index (Phi) is 3.76. The van der Waals surface area contributed by atoms with Crippen LogP contribution in [0.2, 0.25) is 0 Å². The normalized spacial score (nSPS) is 11.1. The van der Waals surface area contributed by atoms with Crippen LogP contribution in [0, 0.1) is 6.92 Å². The molecule has 0 aromatic heterocycles. The number of ether oxygens (including phenoxy) is 1. The molecule has 5 heteroatoms. The monoisotopic (exact) mass is 277 g/mol. The van der Waals surface area contributed by atoms with Crippen LogP contribution < -0.4 is 9.46 Å². The summed E-state index contributed by atoms with van der Waals surface area (Å²) in [4.78, 5) is 0. The van der Waals surface area contributed by atoms with Gasteiger partial charge in [0, 0.05) is 0 Å². The van der Waals surface area contributed by atoms with Crippen molar-refractivity contribution < 1.29 is 13.2 Å². The molecule has 0 aliphatic heterocycles. The van der Waals surface area contributed by atoms with Crippen LogP contribution in [0.3, 0.4) is 0 Å². The first kappa shape index (κ1) is 13.4. The quantitative estimate of drug-likeness (QED) is 0.934. The zero-order chi connectivity index (χ0) is 13.9. The van der Waals surface area contributed by atoms with Crippen molar-refractivity contribution in [3.05, 3.63) is 54.1 Å². The second-order valence-electron chi connectivity index (χ2n) is 4.29. The smallest absolute Gasteiger partial charge is 0.229 e. The molecule has 4 nitrogen and oxygen atoms in total. The maximum atomic E-state index is 11.3. The van der Waals surface area contributed by atoms with E-state index in [9.17, 15) is 8.42 Å². The molecule has 0 aliphatic carbocycles. The third-order valence-corrected chi connectivity index (χ3v) is 2.99. The Morgan fingerprint density at radius 3 is 2.37 bits per heavy atom. The molecule has 0 bridgehead atoms. The first-order chi connectivity index (χ1) is 8.94. The van der Waals surface area contributed by atoms with Crippen LogP contribution in [0.1, 0.15) is 5.56 Å². The molecule has 2 rings (SSSR count). The molecule has 0 heterocycles. The van der Waals surface area contributed by atoms with Gasteiger partial charge in [-0.15, -0.1) is 0 Å². The third kappa shape index (κ3) is 3.99. The zero-order valence-electron chi connectivity index (χ0n) is 10.8. The highest BCUT2D eigenvalue weighted by atomic mass is 32.2. The summed E-state index contributed by atoms with van der Waals surface area (Å²) in [6.07, 6.45) is 1.11. The number of anilines is 1. The fourth-order valence-corrected chi connectivity index (χ4v) is 2.18. The van der Waals surface area contributed by atoms with E-state index in [1.165, 1.54) is 0 Å². The summed E-state index contributed by atoms with van der Waals surface area (Å²) in [5.74, 6) is 1.14. The van der Waals surface area contributed by atoms with E-state index in [1.807, 2.05) is 43.3 Å². The van der Waals surface area contributed by atoms with Crippen LogP contribution in [0.15, 0.2) is 48.5 Å². The van der Waals surface area contributed by atoms with Crippen molar-refractivity contribution in [1.29, 1.82) is 0 Å². The van der Waals surface area contributed by atoms with Crippen molar-refractivity contribution in [3.63, 3.8) is 0 Å². The summed E-state index contributed by atoms with van der Waals surface area (Å²) in [5, 5.41) is 0. The van der Waals surface area contributed by atoms with Crippen LogP contribution in [0.25, 0.3) is 0 Å². The van der Waals surface area contributed by atoms with Gasteiger partial charge in [-0.05, 0) is 36.8 Å². The summed E-state index contributed by atoms with van der Waals surface area (Å²) in [6.45, 7) is 1.92. The summed E-state index contributed by atoms with van der Waals surface area (Å²) in [5.41, 5.74) is 1.42. The molecule has 0 amide bonds. The van der Waals surface area contributed by atoms with Gasteiger partial charge >= 0.3 is 0 Å². The average molecular weight is 277 g/mol. The largest absolute Gasteiger partial charge is 0.455 e.